The predicted octanol–water partition coefficient (Wildman–Crippen LogP) is 4.73. The van der Waals surface area contributed by atoms with Crippen molar-refractivity contribution in [1.82, 2.24) is 15.1 Å². The van der Waals surface area contributed by atoms with Gasteiger partial charge >= 0.3 is 0 Å². The van der Waals surface area contributed by atoms with Crippen molar-refractivity contribution in [2.45, 2.75) is 19.5 Å². The fourth-order valence-corrected chi connectivity index (χ4v) is 4.25. The lowest BCUT2D eigenvalue weighted by atomic mass is 10.1. The molecule has 0 bridgehead atoms. The first-order valence-corrected chi connectivity index (χ1v) is 9.94. The van der Waals surface area contributed by atoms with E-state index in [1.54, 1.807) is 28.9 Å². The molecule has 0 fully saturated rings. The van der Waals surface area contributed by atoms with Gasteiger partial charge in [0.15, 0.2) is 0 Å². The third-order valence-electron chi connectivity index (χ3n) is 4.70. The number of rotatable bonds is 5. The maximum absolute atomic E-state index is 14.0. The number of halogens is 2. The van der Waals surface area contributed by atoms with Gasteiger partial charge in [0.1, 0.15) is 22.5 Å². The molecule has 0 aliphatic heterocycles. The standard InChI is InChI=1S/C22H16F2N4OS/c1-13-17-10-20(21(29)26-19(11-25)16-4-2-3-5-18(16)24)30-22(17)28(27-13)12-14-6-8-15(23)9-7-14/h2-10,19H,12H2,1H3,(H,26,29). The van der Waals surface area contributed by atoms with Gasteiger partial charge in [-0.15, -0.1) is 11.3 Å². The largest absolute Gasteiger partial charge is 0.332 e. The Morgan fingerprint density at radius 2 is 1.97 bits per heavy atom. The molecule has 150 valence electrons. The average molecular weight is 422 g/mol. The minimum Gasteiger partial charge on any atom is -0.332 e. The lowest BCUT2D eigenvalue weighted by molar-refractivity contribution is 0.0949. The molecule has 0 saturated heterocycles. The Bertz CT molecular complexity index is 1270. The molecule has 2 heterocycles. The summed E-state index contributed by atoms with van der Waals surface area (Å²) in [4.78, 5) is 13.9. The van der Waals surface area contributed by atoms with Crippen LogP contribution in [0.25, 0.3) is 10.2 Å². The number of nitrogens with one attached hydrogen (secondary N) is 1. The van der Waals surface area contributed by atoms with Crippen molar-refractivity contribution in [3.05, 3.63) is 87.9 Å². The molecule has 1 N–H and O–H groups in total. The lowest BCUT2D eigenvalue weighted by Gasteiger charge is -2.11. The third kappa shape index (κ3) is 3.80. The molecule has 0 saturated carbocycles. The predicted molar refractivity (Wildman–Crippen MR) is 110 cm³/mol. The Kier molecular flexibility index (Phi) is 5.29. The van der Waals surface area contributed by atoms with Crippen LogP contribution in [-0.4, -0.2) is 15.7 Å². The fraction of sp³-hybridized carbons (Fsp3) is 0.136. The van der Waals surface area contributed by atoms with Gasteiger partial charge in [-0.3, -0.25) is 9.48 Å². The highest BCUT2D eigenvalue weighted by Gasteiger charge is 2.21. The van der Waals surface area contributed by atoms with Crippen LogP contribution in [0.5, 0.6) is 0 Å². The summed E-state index contributed by atoms with van der Waals surface area (Å²) in [7, 11) is 0. The van der Waals surface area contributed by atoms with Crippen molar-refractivity contribution < 1.29 is 13.6 Å². The minimum absolute atomic E-state index is 0.119. The van der Waals surface area contributed by atoms with E-state index in [1.165, 1.54) is 41.7 Å². The van der Waals surface area contributed by atoms with Crippen LogP contribution >= 0.6 is 11.3 Å². The van der Waals surface area contributed by atoms with Gasteiger partial charge in [-0.25, -0.2) is 8.78 Å². The molecule has 2 aromatic carbocycles. The molecular formula is C22H16F2N4OS. The summed E-state index contributed by atoms with van der Waals surface area (Å²) < 4.78 is 28.9. The second kappa shape index (κ2) is 8.05. The molecule has 4 aromatic rings. The normalized spacial score (nSPS) is 11.9. The van der Waals surface area contributed by atoms with Gasteiger partial charge < -0.3 is 5.32 Å². The molecule has 4 rings (SSSR count). The summed E-state index contributed by atoms with van der Waals surface area (Å²) in [5.74, 6) is -1.32. The Hall–Kier alpha value is -3.57. The molecule has 0 radical (unpaired) electrons. The van der Waals surface area contributed by atoms with Crippen molar-refractivity contribution in [1.29, 1.82) is 5.26 Å². The van der Waals surface area contributed by atoms with E-state index < -0.39 is 17.8 Å². The number of hydrogen-bond donors (Lipinski definition) is 1. The van der Waals surface area contributed by atoms with Crippen molar-refractivity contribution in [3.8, 4) is 6.07 Å². The van der Waals surface area contributed by atoms with Gasteiger partial charge in [0.05, 0.1) is 23.2 Å². The molecule has 2 aromatic heterocycles. The van der Waals surface area contributed by atoms with Gasteiger partial charge in [0.25, 0.3) is 5.91 Å². The van der Waals surface area contributed by atoms with E-state index >= 15 is 0 Å². The van der Waals surface area contributed by atoms with Crippen LogP contribution in [0.2, 0.25) is 0 Å². The van der Waals surface area contributed by atoms with E-state index in [-0.39, 0.29) is 11.4 Å². The van der Waals surface area contributed by atoms with E-state index in [1.807, 2.05) is 13.0 Å². The highest BCUT2D eigenvalue weighted by Crippen LogP contribution is 2.29. The van der Waals surface area contributed by atoms with E-state index in [4.69, 9.17) is 0 Å². The van der Waals surface area contributed by atoms with Crippen LogP contribution in [-0.2, 0) is 6.54 Å². The number of nitriles is 1. The van der Waals surface area contributed by atoms with Crippen LogP contribution < -0.4 is 5.32 Å². The number of amides is 1. The van der Waals surface area contributed by atoms with Crippen molar-refractivity contribution in [3.63, 3.8) is 0 Å². The van der Waals surface area contributed by atoms with Crippen LogP contribution in [0.4, 0.5) is 8.78 Å². The third-order valence-corrected chi connectivity index (χ3v) is 5.84. The Balaban J connectivity index is 1.60. The van der Waals surface area contributed by atoms with E-state index in [0.717, 1.165) is 21.5 Å². The Labute approximate surface area is 175 Å². The molecule has 0 spiro atoms. The molecule has 1 unspecified atom stereocenters. The molecule has 5 nitrogen and oxygen atoms in total. The van der Waals surface area contributed by atoms with Gasteiger partial charge in [-0.05, 0) is 36.8 Å². The number of hydrogen-bond acceptors (Lipinski definition) is 4. The summed E-state index contributed by atoms with van der Waals surface area (Å²) in [6.07, 6.45) is 0. The van der Waals surface area contributed by atoms with E-state index in [0.29, 0.717) is 11.4 Å². The Morgan fingerprint density at radius 3 is 2.67 bits per heavy atom. The van der Waals surface area contributed by atoms with Crippen molar-refractivity contribution >= 4 is 27.5 Å². The Morgan fingerprint density at radius 1 is 1.23 bits per heavy atom. The molecule has 8 heteroatoms. The van der Waals surface area contributed by atoms with Gasteiger partial charge in [-0.2, -0.15) is 10.4 Å². The summed E-state index contributed by atoms with van der Waals surface area (Å²) in [5, 5.41) is 17.3. The molecule has 30 heavy (non-hydrogen) atoms. The zero-order valence-corrected chi connectivity index (χ0v) is 16.7. The maximum Gasteiger partial charge on any atom is 0.262 e. The van der Waals surface area contributed by atoms with Gasteiger partial charge in [0.2, 0.25) is 0 Å². The molecule has 0 aliphatic rings. The lowest BCUT2D eigenvalue weighted by Crippen LogP contribution is -2.27. The minimum atomic E-state index is -1.10. The molecule has 1 atom stereocenters. The van der Waals surface area contributed by atoms with Crippen LogP contribution in [0.15, 0.2) is 54.6 Å². The topological polar surface area (TPSA) is 70.7 Å². The number of aryl methyl sites for hydroxylation is 1. The van der Waals surface area contributed by atoms with Crippen LogP contribution in [0, 0.1) is 29.9 Å². The number of nitrogens with zero attached hydrogens (tertiary/aromatic N) is 3. The van der Waals surface area contributed by atoms with Crippen LogP contribution in [0.1, 0.15) is 32.5 Å². The maximum atomic E-state index is 14.0. The van der Waals surface area contributed by atoms with Crippen molar-refractivity contribution in [2.24, 2.45) is 0 Å². The van der Waals surface area contributed by atoms with E-state index in [2.05, 4.69) is 10.4 Å². The zero-order chi connectivity index (χ0) is 21.3. The summed E-state index contributed by atoms with van der Waals surface area (Å²) in [5.41, 5.74) is 1.76. The highest BCUT2D eigenvalue weighted by molar-refractivity contribution is 7.20. The van der Waals surface area contributed by atoms with Gasteiger partial charge in [-0.1, -0.05) is 30.3 Å². The number of aromatic nitrogens is 2. The number of thiophene rings is 1. The zero-order valence-electron chi connectivity index (χ0n) is 15.9. The van der Waals surface area contributed by atoms with E-state index in [9.17, 15) is 18.8 Å². The summed E-state index contributed by atoms with van der Waals surface area (Å²) in [6, 6.07) is 14.6. The second-order valence-corrected chi connectivity index (χ2v) is 7.79. The molecule has 0 aliphatic carbocycles. The quantitative estimate of drug-likeness (QED) is 0.506. The fourth-order valence-electron chi connectivity index (χ4n) is 3.19. The molecular weight excluding hydrogens is 406 g/mol. The summed E-state index contributed by atoms with van der Waals surface area (Å²) >= 11 is 1.24. The first-order chi connectivity index (χ1) is 14.5. The highest BCUT2D eigenvalue weighted by atomic mass is 32.1. The molecule has 1 amide bonds. The van der Waals surface area contributed by atoms with Gasteiger partial charge in [0, 0.05) is 10.9 Å². The first kappa shape index (κ1) is 19.7. The van der Waals surface area contributed by atoms with Crippen molar-refractivity contribution in [2.75, 3.05) is 0 Å². The average Bonchev–Trinajstić information content (AvgIpc) is 3.30. The first-order valence-electron chi connectivity index (χ1n) is 9.12. The summed E-state index contributed by atoms with van der Waals surface area (Å²) in [6.45, 7) is 2.28. The number of carbonyl (C=O) groups excluding carboxylic acids is 1. The number of carbonyl (C=O) groups is 1. The second-order valence-electron chi connectivity index (χ2n) is 6.76. The monoisotopic (exact) mass is 422 g/mol. The smallest absolute Gasteiger partial charge is 0.262 e. The number of benzene rings is 2. The van der Waals surface area contributed by atoms with Crippen LogP contribution in [0.3, 0.4) is 0 Å². The number of fused-ring (bicyclic) bond motifs is 1. The SMILES string of the molecule is Cc1nn(Cc2ccc(F)cc2)c2sc(C(=O)NC(C#N)c3ccccc3F)cc12.